The molecular weight excluding hydrogens is 335 g/mol. The van der Waals surface area contributed by atoms with Gasteiger partial charge in [0, 0.05) is 27.5 Å². The van der Waals surface area contributed by atoms with Crippen LogP contribution in [0.25, 0.3) is 0 Å². The molecule has 3 rings (SSSR count). The van der Waals surface area contributed by atoms with Gasteiger partial charge in [0.1, 0.15) is 11.6 Å². The molecule has 0 saturated carbocycles. The average Bonchev–Trinajstić information content (AvgIpc) is 2.96. The highest BCUT2D eigenvalue weighted by Crippen LogP contribution is 2.25. The molecule has 0 saturated heterocycles. The van der Waals surface area contributed by atoms with Gasteiger partial charge >= 0.3 is 0 Å². The van der Waals surface area contributed by atoms with Crippen molar-refractivity contribution in [3.8, 4) is 0 Å². The number of aromatic nitrogens is 2. The van der Waals surface area contributed by atoms with E-state index >= 15 is 0 Å². The Kier molecular flexibility index (Phi) is 4.69. The average molecular weight is 349 g/mol. The van der Waals surface area contributed by atoms with Crippen LogP contribution in [0.4, 0.5) is 17.5 Å². The summed E-state index contributed by atoms with van der Waals surface area (Å²) in [5.41, 5.74) is 1.59. The minimum atomic E-state index is 0.511. The fourth-order valence-corrected chi connectivity index (χ4v) is 2.59. The molecule has 2 heterocycles. The Hall–Kier alpha value is -2.24. The minimum Gasteiger partial charge on any atom is -0.467 e. The lowest BCUT2D eigenvalue weighted by molar-refractivity contribution is 0.517. The van der Waals surface area contributed by atoms with Crippen molar-refractivity contribution in [2.75, 3.05) is 10.6 Å². The second-order valence-electron chi connectivity index (χ2n) is 4.93. The van der Waals surface area contributed by atoms with Crippen molar-refractivity contribution in [3.63, 3.8) is 0 Å². The van der Waals surface area contributed by atoms with Crippen molar-refractivity contribution in [2.45, 2.75) is 13.5 Å². The minimum absolute atomic E-state index is 0.511. The quantitative estimate of drug-likeness (QED) is 0.676. The summed E-state index contributed by atoms with van der Waals surface area (Å²) in [6.07, 6.45) is 1.63. The first-order valence-corrected chi connectivity index (χ1v) is 7.69. The van der Waals surface area contributed by atoms with Crippen LogP contribution in [0.3, 0.4) is 0 Å². The summed E-state index contributed by atoms with van der Waals surface area (Å²) in [5, 5.41) is 7.42. The summed E-state index contributed by atoms with van der Waals surface area (Å²) >= 11 is 12.0. The Balaban J connectivity index is 1.76. The second kappa shape index (κ2) is 6.89. The molecule has 3 aromatic rings. The maximum absolute atomic E-state index is 6.01. The van der Waals surface area contributed by atoms with Crippen LogP contribution in [0.15, 0.2) is 47.1 Å². The lowest BCUT2D eigenvalue weighted by Crippen LogP contribution is -2.05. The summed E-state index contributed by atoms with van der Waals surface area (Å²) in [6.45, 7) is 2.41. The highest BCUT2D eigenvalue weighted by molar-refractivity contribution is 6.35. The predicted octanol–water partition coefficient (Wildman–Crippen LogP) is 5.04. The van der Waals surface area contributed by atoms with E-state index in [-0.39, 0.29) is 0 Å². The van der Waals surface area contributed by atoms with E-state index in [1.807, 2.05) is 25.1 Å². The van der Waals surface area contributed by atoms with Crippen molar-refractivity contribution in [1.82, 2.24) is 9.97 Å². The fourth-order valence-electron chi connectivity index (χ4n) is 2.06. The summed E-state index contributed by atoms with van der Waals surface area (Å²) in [6, 6.07) is 10.8. The maximum atomic E-state index is 6.01. The van der Waals surface area contributed by atoms with E-state index in [9.17, 15) is 0 Å². The number of halogens is 2. The zero-order chi connectivity index (χ0) is 16.2. The van der Waals surface area contributed by atoms with Crippen LogP contribution >= 0.6 is 23.2 Å². The first kappa shape index (κ1) is 15.6. The number of hydrogen-bond donors (Lipinski definition) is 2. The monoisotopic (exact) mass is 348 g/mol. The molecule has 2 aromatic heterocycles. The molecule has 1 aromatic carbocycles. The molecule has 7 heteroatoms. The number of furan rings is 1. The largest absolute Gasteiger partial charge is 0.467 e. The molecule has 0 amide bonds. The molecule has 0 unspecified atom stereocenters. The zero-order valence-electron chi connectivity index (χ0n) is 12.3. The van der Waals surface area contributed by atoms with Crippen LogP contribution in [0.5, 0.6) is 0 Å². The Labute approximate surface area is 143 Å². The molecule has 23 heavy (non-hydrogen) atoms. The lowest BCUT2D eigenvalue weighted by Gasteiger charge is -2.10. The first-order chi connectivity index (χ1) is 11.1. The fraction of sp³-hybridized carbons (Fsp3) is 0.125. The second-order valence-corrected chi connectivity index (χ2v) is 5.81. The van der Waals surface area contributed by atoms with Crippen molar-refractivity contribution in [3.05, 3.63) is 64.2 Å². The van der Waals surface area contributed by atoms with E-state index in [0.717, 1.165) is 17.1 Å². The van der Waals surface area contributed by atoms with Crippen molar-refractivity contribution in [2.24, 2.45) is 0 Å². The maximum Gasteiger partial charge on any atom is 0.225 e. The molecule has 0 bridgehead atoms. The molecule has 0 atom stereocenters. The van der Waals surface area contributed by atoms with Gasteiger partial charge in [0.2, 0.25) is 5.95 Å². The van der Waals surface area contributed by atoms with Gasteiger partial charge in [0.15, 0.2) is 0 Å². The van der Waals surface area contributed by atoms with Crippen LogP contribution in [-0.4, -0.2) is 9.97 Å². The van der Waals surface area contributed by atoms with Crippen LogP contribution in [-0.2, 0) is 6.54 Å². The Morgan fingerprint density at radius 1 is 1.09 bits per heavy atom. The van der Waals surface area contributed by atoms with Crippen LogP contribution in [0.1, 0.15) is 11.5 Å². The molecule has 0 fully saturated rings. The normalized spacial score (nSPS) is 10.6. The standard InChI is InChI=1S/C16H14Cl2N4O/c1-10-5-15(21-13-7-11(17)6-12(18)8-13)22-16(20-10)19-9-14-3-2-4-23-14/h2-8H,9H2,1H3,(H2,19,20,21,22). The third-order valence-electron chi connectivity index (χ3n) is 2.99. The number of benzene rings is 1. The summed E-state index contributed by atoms with van der Waals surface area (Å²) in [5.74, 6) is 1.97. The Morgan fingerprint density at radius 2 is 1.87 bits per heavy atom. The van der Waals surface area contributed by atoms with Gasteiger partial charge in [-0.05, 0) is 37.3 Å². The third kappa shape index (κ3) is 4.37. The van der Waals surface area contributed by atoms with Crippen molar-refractivity contribution >= 4 is 40.7 Å². The van der Waals surface area contributed by atoms with Crippen molar-refractivity contribution in [1.29, 1.82) is 0 Å². The van der Waals surface area contributed by atoms with Crippen LogP contribution in [0, 0.1) is 6.92 Å². The van der Waals surface area contributed by atoms with E-state index in [0.29, 0.717) is 28.4 Å². The zero-order valence-corrected chi connectivity index (χ0v) is 13.8. The molecular formula is C16H14Cl2N4O. The van der Waals surface area contributed by atoms with Gasteiger partial charge in [0.25, 0.3) is 0 Å². The van der Waals surface area contributed by atoms with Gasteiger partial charge in [-0.2, -0.15) is 4.98 Å². The Bertz CT molecular complexity index is 786. The van der Waals surface area contributed by atoms with Gasteiger partial charge in [-0.3, -0.25) is 0 Å². The van der Waals surface area contributed by atoms with Gasteiger partial charge in [-0.25, -0.2) is 4.98 Å². The lowest BCUT2D eigenvalue weighted by atomic mass is 10.3. The van der Waals surface area contributed by atoms with E-state index < -0.39 is 0 Å². The molecule has 2 N–H and O–H groups in total. The first-order valence-electron chi connectivity index (χ1n) is 6.93. The third-order valence-corrected chi connectivity index (χ3v) is 3.43. The van der Waals surface area contributed by atoms with E-state index in [1.165, 1.54) is 0 Å². The number of nitrogens with one attached hydrogen (secondary N) is 2. The van der Waals surface area contributed by atoms with Gasteiger partial charge in [0.05, 0.1) is 12.8 Å². The Morgan fingerprint density at radius 3 is 2.57 bits per heavy atom. The van der Waals surface area contributed by atoms with Gasteiger partial charge in [-0.1, -0.05) is 23.2 Å². The van der Waals surface area contributed by atoms with E-state index in [1.54, 1.807) is 24.5 Å². The highest BCUT2D eigenvalue weighted by atomic mass is 35.5. The molecule has 0 spiro atoms. The van der Waals surface area contributed by atoms with E-state index in [4.69, 9.17) is 27.6 Å². The number of rotatable bonds is 5. The molecule has 118 valence electrons. The number of aryl methyl sites for hydroxylation is 1. The van der Waals surface area contributed by atoms with E-state index in [2.05, 4.69) is 20.6 Å². The van der Waals surface area contributed by atoms with Crippen LogP contribution in [0.2, 0.25) is 10.0 Å². The van der Waals surface area contributed by atoms with Crippen molar-refractivity contribution < 1.29 is 4.42 Å². The molecule has 0 aliphatic rings. The summed E-state index contributed by atoms with van der Waals surface area (Å²) in [4.78, 5) is 8.78. The predicted molar refractivity (Wildman–Crippen MR) is 92.5 cm³/mol. The SMILES string of the molecule is Cc1cc(Nc2cc(Cl)cc(Cl)c2)nc(NCc2ccco2)n1. The molecule has 5 nitrogen and oxygen atoms in total. The highest BCUT2D eigenvalue weighted by Gasteiger charge is 2.05. The number of hydrogen-bond acceptors (Lipinski definition) is 5. The topological polar surface area (TPSA) is 63.0 Å². The number of anilines is 3. The van der Waals surface area contributed by atoms with Gasteiger partial charge in [-0.15, -0.1) is 0 Å². The molecule has 0 aliphatic heterocycles. The summed E-state index contributed by atoms with van der Waals surface area (Å²) in [7, 11) is 0. The van der Waals surface area contributed by atoms with Crippen LogP contribution < -0.4 is 10.6 Å². The van der Waals surface area contributed by atoms with Gasteiger partial charge < -0.3 is 15.1 Å². The smallest absolute Gasteiger partial charge is 0.225 e. The molecule has 0 aliphatic carbocycles. The number of nitrogens with zero attached hydrogens (tertiary/aromatic N) is 2. The molecule has 0 radical (unpaired) electrons. The summed E-state index contributed by atoms with van der Waals surface area (Å²) < 4.78 is 5.27.